The van der Waals surface area contributed by atoms with Crippen LogP contribution in [0.1, 0.15) is 12.5 Å². The molecule has 154 valence electrons. The molecule has 0 fully saturated rings. The van der Waals surface area contributed by atoms with Gasteiger partial charge in [0.25, 0.3) is 0 Å². The van der Waals surface area contributed by atoms with Gasteiger partial charge in [0.1, 0.15) is 11.4 Å². The molecule has 2 heterocycles. The van der Waals surface area contributed by atoms with Crippen LogP contribution in [-0.4, -0.2) is 35.8 Å². The van der Waals surface area contributed by atoms with E-state index in [9.17, 15) is 8.42 Å². The third-order valence-corrected chi connectivity index (χ3v) is 6.73. The van der Waals surface area contributed by atoms with Gasteiger partial charge in [0, 0.05) is 29.5 Å². The van der Waals surface area contributed by atoms with Crippen LogP contribution in [-0.2, 0) is 9.84 Å². The minimum Gasteiger partial charge on any atom is -0.497 e. The Labute approximate surface area is 175 Å². The average Bonchev–Trinajstić information content (AvgIpc) is 3.18. The summed E-state index contributed by atoms with van der Waals surface area (Å²) in [6.07, 6.45) is 3.53. The summed E-state index contributed by atoms with van der Waals surface area (Å²) in [7, 11) is -1.77. The molecule has 0 aliphatic heterocycles. The predicted octanol–water partition coefficient (Wildman–Crippen LogP) is 4.27. The molecule has 1 N–H and O–H groups in total. The molecule has 2 aromatic heterocycles. The van der Waals surface area contributed by atoms with E-state index in [0.29, 0.717) is 17.3 Å². The molecule has 7 nitrogen and oxygen atoms in total. The molecule has 0 aliphatic rings. The quantitative estimate of drug-likeness (QED) is 0.499. The fourth-order valence-corrected chi connectivity index (χ4v) is 4.31. The van der Waals surface area contributed by atoms with E-state index in [1.54, 1.807) is 43.0 Å². The highest BCUT2D eigenvalue weighted by atomic mass is 32.2. The van der Waals surface area contributed by atoms with Gasteiger partial charge < -0.3 is 10.1 Å². The second kappa shape index (κ2) is 7.79. The number of anilines is 2. The highest BCUT2D eigenvalue weighted by molar-refractivity contribution is 7.91. The van der Waals surface area contributed by atoms with Crippen molar-refractivity contribution in [2.75, 3.05) is 18.2 Å². The maximum Gasteiger partial charge on any atom is 0.229 e. The minimum absolute atomic E-state index is 0.0279. The summed E-state index contributed by atoms with van der Waals surface area (Å²) in [4.78, 5) is 9.34. The molecule has 0 radical (unpaired) electrons. The van der Waals surface area contributed by atoms with E-state index in [1.165, 1.54) is 0 Å². The van der Waals surface area contributed by atoms with Gasteiger partial charge in [0.2, 0.25) is 5.95 Å². The van der Waals surface area contributed by atoms with E-state index in [-0.39, 0.29) is 10.6 Å². The summed E-state index contributed by atoms with van der Waals surface area (Å²) in [5.74, 6) is 1.17. The van der Waals surface area contributed by atoms with Crippen LogP contribution in [0.15, 0.2) is 65.8 Å². The van der Waals surface area contributed by atoms with Gasteiger partial charge >= 0.3 is 0 Å². The molecule has 0 spiro atoms. The molecule has 0 unspecified atom stereocenters. The van der Waals surface area contributed by atoms with Crippen molar-refractivity contribution in [3.63, 3.8) is 0 Å². The lowest BCUT2D eigenvalue weighted by Crippen LogP contribution is -2.09. The van der Waals surface area contributed by atoms with Crippen molar-refractivity contribution >= 4 is 32.5 Å². The largest absolute Gasteiger partial charge is 0.497 e. The number of benzene rings is 2. The topological polar surface area (TPSA) is 86.1 Å². The molecule has 4 aromatic rings. The van der Waals surface area contributed by atoms with Crippen LogP contribution in [0, 0.1) is 6.92 Å². The summed E-state index contributed by atoms with van der Waals surface area (Å²) in [5.41, 5.74) is 3.04. The van der Waals surface area contributed by atoms with E-state index in [4.69, 9.17) is 4.74 Å². The number of para-hydroxylation sites is 1. The lowest BCUT2D eigenvalue weighted by molar-refractivity contribution is 0.415. The smallest absolute Gasteiger partial charge is 0.229 e. The molecule has 0 saturated heterocycles. The highest BCUT2D eigenvalue weighted by Crippen LogP contribution is 2.27. The van der Waals surface area contributed by atoms with Crippen molar-refractivity contribution in [2.45, 2.75) is 18.7 Å². The first-order valence-corrected chi connectivity index (χ1v) is 11.2. The Hall–Kier alpha value is -3.39. The van der Waals surface area contributed by atoms with E-state index >= 15 is 0 Å². The van der Waals surface area contributed by atoms with E-state index in [1.807, 2.05) is 43.5 Å². The van der Waals surface area contributed by atoms with Crippen molar-refractivity contribution in [3.05, 3.63) is 66.5 Å². The second-order valence-electron chi connectivity index (χ2n) is 6.84. The Kier molecular flexibility index (Phi) is 5.17. The van der Waals surface area contributed by atoms with Gasteiger partial charge in [0.05, 0.1) is 23.4 Å². The first kappa shape index (κ1) is 19.9. The number of nitrogens with one attached hydrogen (secondary N) is 1. The molecule has 0 saturated carbocycles. The molecule has 0 amide bonds. The van der Waals surface area contributed by atoms with Crippen LogP contribution < -0.4 is 10.1 Å². The van der Waals surface area contributed by atoms with Gasteiger partial charge in [-0.05, 0) is 36.8 Å². The Morgan fingerprint density at radius 3 is 2.70 bits per heavy atom. The van der Waals surface area contributed by atoms with E-state index in [2.05, 4.69) is 15.3 Å². The zero-order valence-electron chi connectivity index (χ0n) is 17.0. The van der Waals surface area contributed by atoms with Gasteiger partial charge in [0.15, 0.2) is 9.84 Å². The SMILES string of the molecule is CCS(=O)(=O)c1ccccc1-n1ccc2cnc(Nc3cc(OC)ccc3C)nc21. The normalized spacial score (nSPS) is 11.6. The molecular weight excluding hydrogens is 400 g/mol. The third-order valence-electron chi connectivity index (χ3n) is 4.96. The lowest BCUT2D eigenvalue weighted by atomic mass is 10.2. The second-order valence-corrected chi connectivity index (χ2v) is 9.08. The summed E-state index contributed by atoms with van der Waals surface area (Å²) in [6, 6.07) is 14.5. The number of rotatable bonds is 6. The highest BCUT2D eigenvalue weighted by Gasteiger charge is 2.19. The number of ether oxygens (including phenoxy) is 1. The fraction of sp³-hybridized carbons (Fsp3) is 0.182. The minimum atomic E-state index is -3.39. The zero-order chi connectivity index (χ0) is 21.3. The predicted molar refractivity (Wildman–Crippen MR) is 118 cm³/mol. The average molecular weight is 423 g/mol. The van der Waals surface area contributed by atoms with Crippen LogP contribution in [0.2, 0.25) is 0 Å². The number of sulfone groups is 1. The van der Waals surface area contributed by atoms with Crippen LogP contribution in [0.3, 0.4) is 0 Å². The number of hydrogen-bond donors (Lipinski definition) is 1. The fourth-order valence-electron chi connectivity index (χ4n) is 3.23. The van der Waals surface area contributed by atoms with Crippen molar-refractivity contribution in [1.29, 1.82) is 0 Å². The molecule has 0 bridgehead atoms. The Morgan fingerprint density at radius 1 is 1.13 bits per heavy atom. The number of hydrogen-bond acceptors (Lipinski definition) is 6. The first-order chi connectivity index (χ1) is 14.4. The van der Waals surface area contributed by atoms with Gasteiger partial charge in [-0.15, -0.1) is 0 Å². The Morgan fingerprint density at radius 2 is 1.93 bits per heavy atom. The standard InChI is InChI=1S/C22H22N4O3S/c1-4-30(27,28)20-8-6-5-7-19(20)26-12-11-16-14-23-22(25-21(16)26)24-18-13-17(29-3)10-9-15(18)2/h5-14H,4H2,1-3H3,(H,23,24,25). The summed E-state index contributed by atoms with van der Waals surface area (Å²) in [5, 5.41) is 4.04. The zero-order valence-corrected chi connectivity index (χ0v) is 17.8. The third kappa shape index (κ3) is 3.61. The van der Waals surface area contributed by atoms with Crippen LogP contribution in [0.25, 0.3) is 16.7 Å². The Bertz CT molecular complexity index is 1330. The van der Waals surface area contributed by atoms with Gasteiger partial charge in [-0.25, -0.2) is 13.4 Å². The van der Waals surface area contributed by atoms with Crippen LogP contribution >= 0.6 is 0 Å². The molecule has 0 aliphatic carbocycles. The first-order valence-electron chi connectivity index (χ1n) is 9.51. The number of methoxy groups -OCH3 is 1. The molecule has 2 aromatic carbocycles. The summed E-state index contributed by atoms with van der Waals surface area (Å²) in [6.45, 7) is 3.62. The number of fused-ring (bicyclic) bond motifs is 1. The van der Waals surface area contributed by atoms with Gasteiger partial charge in [-0.3, -0.25) is 4.57 Å². The molecule has 8 heteroatoms. The maximum absolute atomic E-state index is 12.6. The summed E-state index contributed by atoms with van der Waals surface area (Å²) >= 11 is 0. The van der Waals surface area contributed by atoms with Crippen molar-refractivity contribution in [3.8, 4) is 11.4 Å². The number of nitrogens with zero attached hydrogens (tertiary/aromatic N) is 3. The van der Waals surface area contributed by atoms with Crippen molar-refractivity contribution < 1.29 is 13.2 Å². The van der Waals surface area contributed by atoms with Crippen LogP contribution in [0.5, 0.6) is 5.75 Å². The lowest BCUT2D eigenvalue weighted by Gasteiger charge is -2.12. The number of aromatic nitrogens is 3. The summed E-state index contributed by atoms with van der Waals surface area (Å²) < 4.78 is 32.3. The molecule has 0 atom stereocenters. The van der Waals surface area contributed by atoms with Crippen LogP contribution in [0.4, 0.5) is 11.6 Å². The molecule has 4 rings (SSSR count). The number of aryl methyl sites for hydroxylation is 1. The molecular formula is C22H22N4O3S. The maximum atomic E-state index is 12.6. The van der Waals surface area contributed by atoms with Crippen molar-refractivity contribution in [2.24, 2.45) is 0 Å². The monoisotopic (exact) mass is 422 g/mol. The van der Waals surface area contributed by atoms with Crippen molar-refractivity contribution in [1.82, 2.24) is 14.5 Å². The van der Waals surface area contributed by atoms with E-state index < -0.39 is 9.84 Å². The van der Waals surface area contributed by atoms with Gasteiger partial charge in [-0.2, -0.15) is 4.98 Å². The molecule has 30 heavy (non-hydrogen) atoms. The Balaban J connectivity index is 1.81. The van der Waals surface area contributed by atoms with Gasteiger partial charge in [-0.1, -0.05) is 25.1 Å². The van der Waals surface area contributed by atoms with E-state index in [0.717, 1.165) is 22.4 Å².